The van der Waals surface area contributed by atoms with Gasteiger partial charge in [0, 0.05) is 17.2 Å². The summed E-state index contributed by atoms with van der Waals surface area (Å²) in [7, 11) is 1.30. The zero-order valence-corrected chi connectivity index (χ0v) is 15.3. The molecule has 2 heterocycles. The number of ether oxygens (including phenoxy) is 1. The number of aromatic nitrogens is 2. The number of methoxy groups -OCH3 is 1. The van der Waals surface area contributed by atoms with Gasteiger partial charge in [0.2, 0.25) is 0 Å². The van der Waals surface area contributed by atoms with Crippen LogP contribution in [-0.2, 0) is 22.4 Å². The Morgan fingerprint density at radius 3 is 2.77 bits per heavy atom. The van der Waals surface area contributed by atoms with Gasteiger partial charge in [-0.3, -0.25) is 14.9 Å². The van der Waals surface area contributed by atoms with Crippen LogP contribution in [0.25, 0.3) is 0 Å². The normalized spacial score (nSPS) is 10.5. The molecule has 0 bridgehead atoms. The molecule has 0 fully saturated rings. The molecule has 0 radical (unpaired) electrons. The Bertz CT molecular complexity index is 939. The number of esters is 1. The van der Waals surface area contributed by atoms with Crippen LogP contribution in [-0.4, -0.2) is 29.0 Å². The average Bonchev–Trinajstić information content (AvgIpc) is 3.26. The Hall–Kier alpha value is -2.65. The zero-order chi connectivity index (χ0) is 18.5. The van der Waals surface area contributed by atoms with Crippen molar-refractivity contribution in [3.05, 3.63) is 62.8 Å². The highest BCUT2D eigenvalue weighted by Gasteiger charge is 2.15. The van der Waals surface area contributed by atoms with E-state index in [-0.39, 0.29) is 17.9 Å². The summed E-state index contributed by atoms with van der Waals surface area (Å²) in [5.74, 6) is -1.10. The predicted octanol–water partition coefficient (Wildman–Crippen LogP) is 3.30. The fraction of sp³-hybridized carbons (Fsp3) is 0.176. The van der Waals surface area contributed by atoms with Crippen LogP contribution >= 0.6 is 22.7 Å². The molecule has 0 aliphatic heterocycles. The van der Waals surface area contributed by atoms with Crippen LogP contribution in [0.3, 0.4) is 0 Å². The highest BCUT2D eigenvalue weighted by atomic mass is 32.1. The predicted molar refractivity (Wildman–Crippen MR) is 97.1 cm³/mol. The Balaban J connectivity index is 1.63. The molecular formula is C17H14FN3O3S2. The van der Waals surface area contributed by atoms with Crippen LogP contribution < -0.4 is 5.32 Å². The molecule has 0 unspecified atom stereocenters. The first kappa shape index (κ1) is 18.2. The Kier molecular flexibility index (Phi) is 5.69. The topological polar surface area (TPSA) is 81.2 Å². The molecule has 3 aromatic rings. The number of carbonyl (C=O) groups is 2. The SMILES string of the molecule is COC(=O)Cc1csc(NC(=O)c2csc(Cc3ccccc3F)n2)n1. The van der Waals surface area contributed by atoms with Gasteiger partial charge in [-0.2, -0.15) is 0 Å². The number of carbonyl (C=O) groups excluding carboxylic acids is 2. The number of hydrogen-bond donors (Lipinski definition) is 1. The smallest absolute Gasteiger partial charge is 0.311 e. The number of nitrogens with zero attached hydrogens (tertiary/aromatic N) is 2. The van der Waals surface area contributed by atoms with Crippen LogP contribution in [0, 0.1) is 5.82 Å². The maximum absolute atomic E-state index is 13.7. The molecule has 3 rings (SSSR count). The first-order valence-corrected chi connectivity index (χ1v) is 9.31. The fourth-order valence-corrected chi connectivity index (χ4v) is 3.63. The van der Waals surface area contributed by atoms with Gasteiger partial charge in [-0.15, -0.1) is 22.7 Å². The minimum absolute atomic E-state index is 0.0480. The van der Waals surface area contributed by atoms with Gasteiger partial charge < -0.3 is 4.74 Å². The van der Waals surface area contributed by atoms with E-state index in [2.05, 4.69) is 20.0 Å². The lowest BCUT2D eigenvalue weighted by molar-refractivity contribution is -0.139. The van der Waals surface area contributed by atoms with Crippen LogP contribution in [0.2, 0.25) is 0 Å². The first-order valence-electron chi connectivity index (χ1n) is 7.55. The monoisotopic (exact) mass is 391 g/mol. The van der Waals surface area contributed by atoms with E-state index in [1.165, 1.54) is 35.8 Å². The summed E-state index contributed by atoms with van der Waals surface area (Å²) in [5.41, 5.74) is 1.29. The third-order valence-electron chi connectivity index (χ3n) is 3.41. The third-order valence-corrected chi connectivity index (χ3v) is 5.06. The van der Waals surface area contributed by atoms with Crippen molar-refractivity contribution in [3.8, 4) is 0 Å². The number of rotatable bonds is 6. The Labute approximate surface area is 156 Å². The summed E-state index contributed by atoms with van der Waals surface area (Å²) in [6.07, 6.45) is 0.373. The summed E-state index contributed by atoms with van der Waals surface area (Å²) in [6, 6.07) is 6.47. The van der Waals surface area contributed by atoms with Gasteiger partial charge in [-0.1, -0.05) is 18.2 Å². The van der Waals surface area contributed by atoms with Gasteiger partial charge in [-0.05, 0) is 11.6 Å². The molecule has 0 atom stereocenters. The molecular weight excluding hydrogens is 377 g/mol. The average molecular weight is 391 g/mol. The van der Waals surface area contributed by atoms with Gasteiger partial charge in [0.15, 0.2) is 5.13 Å². The molecule has 26 heavy (non-hydrogen) atoms. The minimum Gasteiger partial charge on any atom is -0.469 e. The maximum Gasteiger partial charge on any atom is 0.311 e. The molecule has 0 spiro atoms. The standard InChI is InChI=1S/C17H14FN3O3S2/c1-24-15(22)7-11-8-26-17(19-11)21-16(23)13-9-25-14(20-13)6-10-4-2-3-5-12(10)18/h2-5,8-9H,6-7H2,1H3,(H,19,21,23). The second kappa shape index (κ2) is 8.15. The lowest BCUT2D eigenvalue weighted by Crippen LogP contribution is -2.12. The number of anilines is 1. The maximum atomic E-state index is 13.7. The first-order chi connectivity index (χ1) is 12.5. The molecule has 0 aliphatic carbocycles. The van der Waals surface area contributed by atoms with E-state index >= 15 is 0 Å². The van der Waals surface area contributed by atoms with Crippen molar-refractivity contribution in [1.82, 2.24) is 9.97 Å². The molecule has 6 nitrogen and oxygen atoms in total. The van der Waals surface area contributed by atoms with E-state index in [4.69, 9.17) is 0 Å². The molecule has 1 aromatic carbocycles. The summed E-state index contributed by atoms with van der Waals surface area (Å²) < 4.78 is 18.3. The van der Waals surface area contributed by atoms with Crippen LogP contribution in [0.1, 0.15) is 26.8 Å². The van der Waals surface area contributed by atoms with Crippen molar-refractivity contribution < 1.29 is 18.7 Å². The van der Waals surface area contributed by atoms with E-state index in [9.17, 15) is 14.0 Å². The number of halogens is 1. The van der Waals surface area contributed by atoms with E-state index < -0.39 is 11.9 Å². The second-order valence-corrected chi connectivity index (χ2v) is 7.05. The van der Waals surface area contributed by atoms with Gasteiger partial charge in [0.05, 0.1) is 24.2 Å². The third kappa shape index (κ3) is 4.50. The molecule has 9 heteroatoms. The molecule has 0 saturated carbocycles. The van der Waals surface area contributed by atoms with E-state index in [1.807, 2.05) is 0 Å². The highest BCUT2D eigenvalue weighted by molar-refractivity contribution is 7.14. The van der Waals surface area contributed by atoms with Crippen molar-refractivity contribution in [3.63, 3.8) is 0 Å². The molecule has 0 saturated heterocycles. The number of benzene rings is 1. The lowest BCUT2D eigenvalue weighted by atomic mass is 10.1. The summed E-state index contributed by atoms with van der Waals surface area (Å²) in [6.45, 7) is 0. The van der Waals surface area contributed by atoms with Gasteiger partial charge in [-0.25, -0.2) is 14.4 Å². The summed E-state index contributed by atoms with van der Waals surface area (Å²) >= 11 is 2.50. The lowest BCUT2D eigenvalue weighted by Gasteiger charge is -2.00. The molecule has 0 aliphatic rings. The quantitative estimate of drug-likeness (QED) is 0.652. The van der Waals surface area contributed by atoms with Crippen molar-refractivity contribution in [1.29, 1.82) is 0 Å². The fourth-order valence-electron chi connectivity index (χ4n) is 2.13. The van der Waals surface area contributed by atoms with E-state index in [0.717, 1.165) is 0 Å². The molecule has 2 aromatic heterocycles. The van der Waals surface area contributed by atoms with Crippen molar-refractivity contribution >= 4 is 39.7 Å². The van der Waals surface area contributed by atoms with E-state index in [1.54, 1.807) is 29.0 Å². The Morgan fingerprint density at radius 1 is 1.19 bits per heavy atom. The second-order valence-electron chi connectivity index (χ2n) is 5.25. The summed E-state index contributed by atoms with van der Waals surface area (Å²) in [4.78, 5) is 31.9. The number of amides is 1. The van der Waals surface area contributed by atoms with Crippen molar-refractivity contribution in [2.75, 3.05) is 12.4 Å². The van der Waals surface area contributed by atoms with Crippen LogP contribution in [0.15, 0.2) is 35.0 Å². The van der Waals surface area contributed by atoms with Gasteiger partial charge >= 0.3 is 5.97 Å². The molecule has 134 valence electrons. The van der Waals surface area contributed by atoms with Gasteiger partial charge in [0.25, 0.3) is 5.91 Å². The zero-order valence-electron chi connectivity index (χ0n) is 13.7. The van der Waals surface area contributed by atoms with Gasteiger partial charge in [0.1, 0.15) is 11.5 Å². The van der Waals surface area contributed by atoms with Crippen LogP contribution in [0.4, 0.5) is 9.52 Å². The highest BCUT2D eigenvalue weighted by Crippen LogP contribution is 2.20. The number of nitrogens with one attached hydrogen (secondary N) is 1. The largest absolute Gasteiger partial charge is 0.469 e. The van der Waals surface area contributed by atoms with E-state index in [0.29, 0.717) is 27.8 Å². The molecule has 1 amide bonds. The van der Waals surface area contributed by atoms with Crippen molar-refractivity contribution in [2.24, 2.45) is 0 Å². The minimum atomic E-state index is -0.403. The molecule has 1 N–H and O–H groups in total. The van der Waals surface area contributed by atoms with Crippen LogP contribution in [0.5, 0.6) is 0 Å². The number of hydrogen-bond acceptors (Lipinski definition) is 7. The Morgan fingerprint density at radius 2 is 2.00 bits per heavy atom. The van der Waals surface area contributed by atoms with Crippen molar-refractivity contribution in [2.45, 2.75) is 12.8 Å². The summed E-state index contributed by atoms with van der Waals surface area (Å²) in [5, 5.41) is 6.96. The number of thiazole rings is 2.